The van der Waals surface area contributed by atoms with Crippen LogP contribution in [0, 0.1) is 0 Å². The SMILES string of the molecule is CC[C@@H](C)NS(=O)(=O)c1ccc(OCc2nnc(N)s2)cc1. The third kappa shape index (κ3) is 4.39. The first kappa shape index (κ1) is 16.7. The molecule has 1 aromatic heterocycles. The molecular formula is C13H18N4O3S2. The van der Waals surface area contributed by atoms with Crippen molar-refractivity contribution in [1.29, 1.82) is 0 Å². The third-order valence-corrected chi connectivity index (χ3v) is 5.28. The van der Waals surface area contributed by atoms with Gasteiger partial charge in [-0.1, -0.05) is 18.3 Å². The second-order valence-corrected chi connectivity index (χ2v) is 7.53. The van der Waals surface area contributed by atoms with Gasteiger partial charge >= 0.3 is 0 Å². The van der Waals surface area contributed by atoms with Gasteiger partial charge in [-0.15, -0.1) is 10.2 Å². The molecule has 1 heterocycles. The molecule has 0 aliphatic heterocycles. The van der Waals surface area contributed by atoms with E-state index in [-0.39, 0.29) is 17.5 Å². The van der Waals surface area contributed by atoms with Crippen molar-refractivity contribution in [3.63, 3.8) is 0 Å². The van der Waals surface area contributed by atoms with E-state index in [4.69, 9.17) is 10.5 Å². The third-order valence-electron chi connectivity index (χ3n) is 2.95. The van der Waals surface area contributed by atoms with Crippen molar-refractivity contribution in [3.05, 3.63) is 29.3 Å². The van der Waals surface area contributed by atoms with Gasteiger partial charge in [0.15, 0.2) is 5.01 Å². The Labute approximate surface area is 133 Å². The summed E-state index contributed by atoms with van der Waals surface area (Å²) >= 11 is 1.25. The van der Waals surface area contributed by atoms with Crippen LogP contribution in [0.15, 0.2) is 29.2 Å². The van der Waals surface area contributed by atoms with E-state index < -0.39 is 10.0 Å². The summed E-state index contributed by atoms with van der Waals surface area (Å²) in [6.07, 6.45) is 0.728. The Kier molecular flexibility index (Phi) is 5.33. The van der Waals surface area contributed by atoms with E-state index in [2.05, 4.69) is 14.9 Å². The Balaban J connectivity index is 2.00. The monoisotopic (exact) mass is 342 g/mol. The summed E-state index contributed by atoms with van der Waals surface area (Å²) < 4.78 is 32.3. The van der Waals surface area contributed by atoms with Gasteiger partial charge in [0, 0.05) is 6.04 Å². The Hall–Kier alpha value is -1.71. The summed E-state index contributed by atoms with van der Waals surface area (Å²) in [6.45, 7) is 3.99. The van der Waals surface area contributed by atoms with E-state index in [1.54, 1.807) is 12.1 Å². The molecule has 7 nitrogen and oxygen atoms in total. The van der Waals surface area contributed by atoms with Crippen molar-refractivity contribution in [1.82, 2.24) is 14.9 Å². The average molecular weight is 342 g/mol. The van der Waals surface area contributed by atoms with E-state index in [1.165, 1.54) is 23.5 Å². The van der Waals surface area contributed by atoms with Crippen LogP contribution in [0.4, 0.5) is 5.13 Å². The first-order valence-electron chi connectivity index (χ1n) is 6.73. The number of nitrogens with one attached hydrogen (secondary N) is 1. The van der Waals surface area contributed by atoms with Crippen molar-refractivity contribution in [2.24, 2.45) is 0 Å². The van der Waals surface area contributed by atoms with Crippen LogP contribution in [0.2, 0.25) is 0 Å². The van der Waals surface area contributed by atoms with Crippen molar-refractivity contribution in [3.8, 4) is 5.75 Å². The minimum Gasteiger partial charge on any atom is -0.486 e. The molecule has 0 bridgehead atoms. The lowest BCUT2D eigenvalue weighted by atomic mass is 10.3. The van der Waals surface area contributed by atoms with E-state index in [0.717, 1.165) is 6.42 Å². The number of aromatic nitrogens is 2. The van der Waals surface area contributed by atoms with Crippen LogP contribution >= 0.6 is 11.3 Å². The highest BCUT2D eigenvalue weighted by Gasteiger charge is 2.16. The van der Waals surface area contributed by atoms with E-state index in [1.807, 2.05) is 13.8 Å². The minimum absolute atomic E-state index is 0.108. The number of benzene rings is 1. The molecule has 3 N–H and O–H groups in total. The van der Waals surface area contributed by atoms with Gasteiger partial charge in [-0.25, -0.2) is 13.1 Å². The largest absolute Gasteiger partial charge is 0.486 e. The molecule has 22 heavy (non-hydrogen) atoms. The fraction of sp³-hybridized carbons (Fsp3) is 0.385. The molecule has 1 atom stereocenters. The average Bonchev–Trinajstić information content (AvgIpc) is 2.90. The van der Waals surface area contributed by atoms with E-state index in [0.29, 0.717) is 15.9 Å². The van der Waals surface area contributed by atoms with Crippen LogP contribution in [0.1, 0.15) is 25.3 Å². The summed E-state index contributed by atoms with van der Waals surface area (Å²) in [5, 5.41) is 8.58. The van der Waals surface area contributed by atoms with Gasteiger partial charge in [-0.2, -0.15) is 0 Å². The highest BCUT2D eigenvalue weighted by molar-refractivity contribution is 7.89. The van der Waals surface area contributed by atoms with E-state index in [9.17, 15) is 8.42 Å². The fourth-order valence-electron chi connectivity index (χ4n) is 1.60. The van der Waals surface area contributed by atoms with Crippen LogP contribution in [0.3, 0.4) is 0 Å². The summed E-state index contributed by atoms with van der Waals surface area (Å²) in [5.41, 5.74) is 5.48. The Morgan fingerprint density at radius 2 is 2.00 bits per heavy atom. The number of nitrogen functional groups attached to an aromatic ring is 1. The number of anilines is 1. The van der Waals surface area contributed by atoms with E-state index >= 15 is 0 Å². The van der Waals surface area contributed by atoms with Crippen molar-refractivity contribution in [2.45, 2.75) is 37.8 Å². The Bertz CT molecular complexity index is 713. The molecule has 2 rings (SSSR count). The summed E-state index contributed by atoms with van der Waals surface area (Å²) in [6, 6.07) is 6.12. The van der Waals surface area contributed by atoms with Crippen molar-refractivity contribution >= 4 is 26.5 Å². The first-order chi connectivity index (χ1) is 10.4. The number of hydrogen-bond donors (Lipinski definition) is 2. The molecule has 2 aromatic rings. The van der Waals surface area contributed by atoms with Gasteiger partial charge in [0.2, 0.25) is 15.2 Å². The van der Waals surface area contributed by atoms with Gasteiger partial charge in [-0.3, -0.25) is 0 Å². The molecule has 0 amide bonds. The molecule has 0 aliphatic rings. The second kappa shape index (κ2) is 7.03. The van der Waals surface area contributed by atoms with Gasteiger partial charge in [0.25, 0.3) is 0 Å². The van der Waals surface area contributed by atoms with Crippen LogP contribution < -0.4 is 15.2 Å². The predicted octanol–water partition coefficient (Wildman–Crippen LogP) is 1.78. The van der Waals surface area contributed by atoms with Gasteiger partial charge < -0.3 is 10.5 Å². The number of sulfonamides is 1. The number of hydrogen-bond acceptors (Lipinski definition) is 7. The molecule has 9 heteroatoms. The van der Waals surface area contributed by atoms with Crippen molar-refractivity contribution < 1.29 is 13.2 Å². The fourth-order valence-corrected chi connectivity index (χ4v) is 3.45. The maximum atomic E-state index is 12.1. The zero-order chi connectivity index (χ0) is 16.2. The quantitative estimate of drug-likeness (QED) is 0.794. The molecular weight excluding hydrogens is 324 g/mol. The highest BCUT2D eigenvalue weighted by atomic mass is 32.2. The Morgan fingerprint density at radius 1 is 1.32 bits per heavy atom. The molecule has 0 spiro atoms. The predicted molar refractivity (Wildman–Crippen MR) is 85.2 cm³/mol. The molecule has 0 radical (unpaired) electrons. The Morgan fingerprint density at radius 3 is 2.55 bits per heavy atom. The zero-order valence-electron chi connectivity index (χ0n) is 12.3. The first-order valence-corrected chi connectivity index (χ1v) is 9.03. The lowest BCUT2D eigenvalue weighted by Gasteiger charge is -2.12. The maximum Gasteiger partial charge on any atom is 0.240 e. The smallest absolute Gasteiger partial charge is 0.240 e. The number of nitrogens with zero attached hydrogens (tertiary/aromatic N) is 2. The standard InChI is InChI=1S/C13H18N4O3S2/c1-3-9(2)17-22(18,19)11-6-4-10(5-7-11)20-8-12-15-16-13(14)21-12/h4-7,9,17H,3,8H2,1-2H3,(H2,14,16)/t9-/m1/s1. The molecule has 0 aliphatic carbocycles. The summed E-state index contributed by atoms with van der Waals surface area (Å²) in [7, 11) is -3.49. The summed E-state index contributed by atoms with van der Waals surface area (Å²) in [4.78, 5) is 0.209. The van der Waals surface area contributed by atoms with Gasteiger partial charge in [0.05, 0.1) is 4.90 Å². The van der Waals surface area contributed by atoms with Crippen LogP contribution in [-0.4, -0.2) is 24.7 Å². The van der Waals surface area contributed by atoms with Crippen LogP contribution in [0.5, 0.6) is 5.75 Å². The van der Waals surface area contributed by atoms with Crippen molar-refractivity contribution in [2.75, 3.05) is 5.73 Å². The molecule has 0 unspecified atom stereocenters. The number of nitrogens with two attached hydrogens (primary N) is 1. The molecule has 0 fully saturated rings. The van der Waals surface area contributed by atoms with Crippen LogP contribution in [0.25, 0.3) is 0 Å². The zero-order valence-corrected chi connectivity index (χ0v) is 13.9. The number of rotatable bonds is 7. The normalized spacial score (nSPS) is 13.0. The molecule has 120 valence electrons. The summed E-state index contributed by atoms with van der Waals surface area (Å²) in [5.74, 6) is 0.552. The highest BCUT2D eigenvalue weighted by Crippen LogP contribution is 2.19. The minimum atomic E-state index is -3.49. The topological polar surface area (TPSA) is 107 Å². The lowest BCUT2D eigenvalue weighted by Crippen LogP contribution is -2.31. The second-order valence-electron chi connectivity index (χ2n) is 4.72. The lowest BCUT2D eigenvalue weighted by molar-refractivity contribution is 0.304. The molecule has 0 saturated carbocycles. The number of ether oxygens (including phenoxy) is 1. The maximum absolute atomic E-state index is 12.1. The van der Waals surface area contributed by atoms with Gasteiger partial charge in [-0.05, 0) is 37.6 Å². The molecule has 0 saturated heterocycles. The van der Waals surface area contributed by atoms with Gasteiger partial charge in [0.1, 0.15) is 12.4 Å². The molecule has 1 aromatic carbocycles. The van der Waals surface area contributed by atoms with Crippen LogP contribution in [-0.2, 0) is 16.6 Å².